The van der Waals surface area contributed by atoms with Crippen LogP contribution in [-0.2, 0) is 24.6 Å². The van der Waals surface area contributed by atoms with Crippen molar-refractivity contribution >= 4 is 31.5 Å². The molecule has 188 valence electrons. The Balaban J connectivity index is 1.91. The van der Waals surface area contributed by atoms with Gasteiger partial charge in [0.2, 0.25) is 10.0 Å². The number of sulfone groups is 1. The number of halogens is 3. The molecule has 0 aromatic heterocycles. The Morgan fingerprint density at radius 1 is 1.00 bits per heavy atom. The molecule has 1 aliphatic rings. The topological polar surface area (TPSA) is 80.3 Å². The lowest BCUT2D eigenvalue weighted by Gasteiger charge is -2.40. The molecule has 1 N–H and O–H groups in total. The van der Waals surface area contributed by atoms with E-state index in [0.717, 1.165) is 18.2 Å². The van der Waals surface area contributed by atoms with Crippen LogP contribution in [0.25, 0.3) is 0 Å². The van der Waals surface area contributed by atoms with Crippen molar-refractivity contribution in [3.63, 3.8) is 0 Å². The fraction of sp³-hybridized carbons (Fsp3) is 0.500. The van der Waals surface area contributed by atoms with Crippen LogP contribution >= 0.6 is 11.6 Å². The standard InChI is InChI=1S/C24H30ClF2NO4S2/c1-23(2,3)28-33(29,30)15-12-17-10-13-24(14-11-17,21-16-19(26)6-9-22(21)27)34(31,32)20-7-4-18(25)5-8-20/h4-9,16-17,28H,10-15H2,1-3H3. The number of rotatable bonds is 7. The average Bonchev–Trinajstić information content (AvgIpc) is 2.73. The third-order valence-corrected chi connectivity index (χ3v) is 10.7. The third kappa shape index (κ3) is 5.98. The third-order valence-electron chi connectivity index (χ3n) is 6.23. The van der Waals surface area contributed by atoms with Crippen LogP contribution in [0, 0.1) is 17.6 Å². The second-order valence-corrected chi connectivity index (χ2v) is 14.5. The molecule has 10 heteroatoms. The number of benzene rings is 2. The highest BCUT2D eigenvalue weighted by Crippen LogP contribution is 2.49. The van der Waals surface area contributed by atoms with Crippen LogP contribution < -0.4 is 4.72 Å². The zero-order chi connectivity index (χ0) is 25.4. The molecule has 0 spiro atoms. The van der Waals surface area contributed by atoms with Gasteiger partial charge in [0.05, 0.1) is 10.6 Å². The summed E-state index contributed by atoms with van der Waals surface area (Å²) in [6.07, 6.45) is 1.20. The molecule has 0 saturated heterocycles. The molecule has 1 fully saturated rings. The molecule has 0 heterocycles. The minimum atomic E-state index is -4.12. The van der Waals surface area contributed by atoms with E-state index in [1.807, 2.05) is 0 Å². The predicted octanol–water partition coefficient (Wildman–Crippen LogP) is 5.59. The minimum Gasteiger partial charge on any atom is -0.223 e. The molecule has 2 aromatic rings. The van der Waals surface area contributed by atoms with Crippen molar-refractivity contribution in [1.29, 1.82) is 0 Å². The summed E-state index contributed by atoms with van der Waals surface area (Å²) in [6.45, 7) is 5.28. The van der Waals surface area contributed by atoms with E-state index in [4.69, 9.17) is 11.6 Å². The molecule has 2 aromatic carbocycles. The molecule has 1 saturated carbocycles. The average molecular weight is 534 g/mol. The Hall–Kier alpha value is -1.55. The second kappa shape index (κ2) is 9.84. The Bertz CT molecular complexity index is 1230. The number of nitrogens with one attached hydrogen (secondary N) is 1. The van der Waals surface area contributed by atoms with Crippen molar-refractivity contribution in [1.82, 2.24) is 4.72 Å². The SMILES string of the molecule is CC(C)(C)NS(=O)(=O)CCC1CCC(c2cc(F)ccc2F)(S(=O)(=O)c2ccc(Cl)cc2)CC1. The predicted molar refractivity (Wildman–Crippen MR) is 130 cm³/mol. The van der Waals surface area contributed by atoms with Gasteiger partial charge in [-0.15, -0.1) is 0 Å². The van der Waals surface area contributed by atoms with Crippen LogP contribution in [0.2, 0.25) is 5.02 Å². The van der Waals surface area contributed by atoms with Gasteiger partial charge in [-0.3, -0.25) is 0 Å². The van der Waals surface area contributed by atoms with Gasteiger partial charge in [0, 0.05) is 16.1 Å². The maximum atomic E-state index is 14.9. The van der Waals surface area contributed by atoms with Crippen molar-refractivity contribution < 1.29 is 25.6 Å². The van der Waals surface area contributed by atoms with Crippen molar-refractivity contribution in [2.45, 2.75) is 68.1 Å². The van der Waals surface area contributed by atoms with Crippen LogP contribution in [0.5, 0.6) is 0 Å². The van der Waals surface area contributed by atoms with E-state index in [0.29, 0.717) is 24.3 Å². The molecule has 0 unspecified atom stereocenters. The highest BCUT2D eigenvalue weighted by atomic mass is 35.5. The van der Waals surface area contributed by atoms with Gasteiger partial charge in [-0.1, -0.05) is 11.6 Å². The molecule has 0 radical (unpaired) electrons. The van der Waals surface area contributed by atoms with Gasteiger partial charge >= 0.3 is 0 Å². The number of hydrogen-bond donors (Lipinski definition) is 1. The first kappa shape index (κ1) is 27.0. The second-order valence-electron chi connectivity index (χ2n) is 9.98. The van der Waals surface area contributed by atoms with Crippen LogP contribution in [0.4, 0.5) is 8.78 Å². The Labute approximate surface area is 205 Å². The van der Waals surface area contributed by atoms with E-state index in [-0.39, 0.29) is 35.0 Å². The smallest absolute Gasteiger partial charge is 0.212 e. The van der Waals surface area contributed by atoms with Crippen molar-refractivity contribution in [2.24, 2.45) is 5.92 Å². The minimum absolute atomic E-state index is 0.0176. The van der Waals surface area contributed by atoms with E-state index in [2.05, 4.69) is 4.72 Å². The molecule has 0 bridgehead atoms. The molecule has 0 atom stereocenters. The van der Waals surface area contributed by atoms with E-state index < -0.39 is 41.8 Å². The zero-order valence-corrected chi connectivity index (χ0v) is 21.8. The number of hydrogen-bond acceptors (Lipinski definition) is 4. The first-order valence-electron chi connectivity index (χ1n) is 11.1. The first-order valence-corrected chi connectivity index (χ1v) is 14.6. The molecule has 0 aliphatic heterocycles. The summed E-state index contributed by atoms with van der Waals surface area (Å²) in [6, 6.07) is 8.49. The van der Waals surface area contributed by atoms with Gasteiger partial charge in [-0.25, -0.2) is 30.3 Å². The van der Waals surface area contributed by atoms with Gasteiger partial charge in [-0.2, -0.15) is 0 Å². The summed E-state index contributed by atoms with van der Waals surface area (Å²) >= 11 is 5.92. The van der Waals surface area contributed by atoms with Gasteiger partial charge in [-0.05, 0) is 101 Å². The Morgan fingerprint density at radius 2 is 1.59 bits per heavy atom. The summed E-state index contributed by atoms with van der Waals surface area (Å²) < 4.78 is 82.4. The Kier molecular flexibility index (Phi) is 7.82. The summed E-state index contributed by atoms with van der Waals surface area (Å²) in [7, 11) is -7.62. The zero-order valence-electron chi connectivity index (χ0n) is 19.4. The van der Waals surface area contributed by atoms with Crippen LogP contribution in [0.15, 0.2) is 47.4 Å². The normalized spacial score (nSPS) is 22.0. The molecular formula is C24H30ClF2NO4S2. The summed E-state index contributed by atoms with van der Waals surface area (Å²) in [5.74, 6) is -1.64. The number of sulfonamides is 1. The van der Waals surface area contributed by atoms with Gasteiger partial charge < -0.3 is 0 Å². The summed E-state index contributed by atoms with van der Waals surface area (Å²) in [4.78, 5) is -0.0176. The van der Waals surface area contributed by atoms with Crippen molar-refractivity contribution in [2.75, 3.05) is 5.75 Å². The lowest BCUT2D eigenvalue weighted by Crippen LogP contribution is -2.43. The molecule has 34 heavy (non-hydrogen) atoms. The van der Waals surface area contributed by atoms with Gasteiger partial charge in [0.25, 0.3) is 0 Å². The monoisotopic (exact) mass is 533 g/mol. The van der Waals surface area contributed by atoms with E-state index in [1.54, 1.807) is 20.8 Å². The lowest BCUT2D eigenvalue weighted by molar-refractivity contribution is 0.280. The first-order chi connectivity index (χ1) is 15.7. The van der Waals surface area contributed by atoms with E-state index in [9.17, 15) is 25.6 Å². The lowest BCUT2D eigenvalue weighted by atomic mass is 9.77. The maximum absolute atomic E-state index is 14.9. The largest absolute Gasteiger partial charge is 0.223 e. The fourth-order valence-electron chi connectivity index (χ4n) is 4.64. The van der Waals surface area contributed by atoms with Gasteiger partial charge in [0.15, 0.2) is 9.84 Å². The fourth-order valence-corrected chi connectivity index (χ4v) is 8.61. The van der Waals surface area contributed by atoms with E-state index in [1.165, 1.54) is 24.3 Å². The highest BCUT2D eigenvalue weighted by Gasteiger charge is 2.50. The summed E-state index contributed by atoms with van der Waals surface area (Å²) in [5.41, 5.74) is -0.787. The van der Waals surface area contributed by atoms with E-state index >= 15 is 0 Å². The molecule has 0 amide bonds. The van der Waals surface area contributed by atoms with Gasteiger partial charge in [0.1, 0.15) is 16.4 Å². The van der Waals surface area contributed by atoms with Crippen molar-refractivity contribution in [3.05, 3.63) is 64.7 Å². The van der Waals surface area contributed by atoms with Crippen LogP contribution in [-0.4, -0.2) is 28.1 Å². The molecular weight excluding hydrogens is 504 g/mol. The molecule has 3 rings (SSSR count). The quantitative estimate of drug-likeness (QED) is 0.503. The summed E-state index contributed by atoms with van der Waals surface area (Å²) in [5, 5.41) is 0.360. The van der Waals surface area contributed by atoms with Crippen molar-refractivity contribution in [3.8, 4) is 0 Å². The van der Waals surface area contributed by atoms with Crippen LogP contribution in [0.1, 0.15) is 58.4 Å². The molecule has 1 aliphatic carbocycles. The van der Waals surface area contributed by atoms with Crippen LogP contribution in [0.3, 0.4) is 0 Å². The Morgan fingerprint density at radius 3 is 2.15 bits per heavy atom. The highest BCUT2D eigenvalue weighted by molar-refractivity contribution is 7.92. The maximum Gasteiger partial charge on any atom is 0.212 e. The molecule has 5 nitrogen and oxygen atoms in total.